The molecule has 6 heteroatoms. The lowest BCUT2D eigenvalue weighted by molar-refractivity contribution is 0.602. The maximum Gasteiger partial charge on any atom is 0.232 e. The van der Waals surface area contributed by atoms with Crippen molar-refractivity contribution in [1.82, 2.24) is 14.8 Å². The van der Waals surface area contributed by atoms with E-state index in [1.54, 1.807) is 19.3 Å². The number of rotatable bonds is 1. The first kappa shape index (κ1) is 9.83. The summed E-state index contributed by atoms with van der Waals surface area (Å²) in [5.74, 6) is 0.438. The lowest BCUT2D eigenvalue weighted by Gasteiger charge is -1.94. The van der Waals surface area contributed by atoms with E-state index in [4.69, 9.17) is 10.2 Å². The molecule has 3 rings (SSSR count). The number of nitrogen functional groups attached to an aromatic ring is 1. The molecular formula is C11H9FN4O. The van der Waals surface area contributed by atoms with Crippen LogP contribution in [-0.2, 0) is 7.05 Å². The molecule has 2 heterocycles. The molecule has 86 valence electrons. The van der Waals surface area contributed by atoms with Crippen molar-refractivity contribution >= 4 is 16.9 Å². The van der Waals surface area contributed by atoms with Crippen LogP contribution in [0.3, 0.4) is 0 Å². The highest BCUT2D eigenvalue weighted by Gasteiger charge is 2.14. The van der Waals surface area contributed by atoms with Gasteiger partial charge in [0, 0.05) is 13.1 Å². The van der Waals surface area contributed by atoms with Crippen LogP contribution in [0.1, 0.15) is 0 Å². The third-order valence-corrected chi connectivity index (χ3v) is 2.57. The van der Waals surface area contributed by atoms with E-state index in [0.717, 1.165) is 0 Å². The van der Waals surface area contributed by atoms with E-state index >= 15 is 0 Å². The second kappa shape index (κ2) is 3.31. The highest BCUT2D eigenvalue weighted by molar-refractivity contribution is 5.78. The van der Waals surface area contributed by atoms with Crippen molar-refractivity contribution < 1.29 is 8.81 Å². The second-order valence-corrected chi connectivity index (χ2v) is 3.70. The smallest absolute Gasteiger partial charge is 0.232 e. The number of benzene rings is 1. The molecule has 0 aliphatic rings. The maximum absolute atomic E-state index is 13.0. The molecule has 2 N–H and O–H groups in total. The van der Waals surface area contributed by atoms with Gasteiger partial charge < -0.3 is 10.2 Å². The Balaban J connectivity index is 2.21. The van der Waals surface area contributed by atoms with Crippen LogP contribution in [0.15, 0.2) is 28.8 Å². The number of oxazole rings is 1. The van der Waals surface area contributed by atoms with E-state index in [0.29, 0.717) is 28.4 Å². The SMILES string of the molecule is Cn1ncc(-c2nc3ccc(F)cc3o2)c1N. The van der Waals surface area contributed by atoms with Gasteiger partial charge in [0.2, 0.25) is 5.89 Å². The van der Waals surface area contributed by atoms with Crippen LogP contribution in [0.5, 0.6) is 0 Å². The standard InChI is InChI=1S/C11H9FN4O/c1-16-10(13)7(5-14-16)11-15-8-3-2-6(12)4-9(8)17-11/h2-5H,13H2,1H3. The Bertz CT molecular complexity index is 701. The van der Waals surface area contributed by atoms with Crippen molar-refractivity contribution in [3.8, 4) is 11.5 Å². The summed E-state index contributed by atoms with van der Waals surface area (Å²) < 4.78 is 20.0. The molecule has 1 aromatic carbocycles. The highest BCUT2D eigenvalue weighted by atomic mass is 19.1. The highest BCUT2D eigenvalue weighted by Crippen LogP contribution is 2.28. The van der Waals surface area contributed by atoms with E-state index in [2.05, 4.69) is 10.1 Å². The lowest BCUT2D eigenvalue weighted by atomic mass is 10.3. The summed E-state index contributed by atoms with van der Waals surface area (Å²) in [4.78, 5) is 4.23. The monoisotopic (exact) mass is 232 g/mol. The molecule has 17 heavy (non-hydrogen) atoms. The minimum Gasteiger partial charge on any atom is -0.436 e. The molecule has 5 nitrogen and oxygen atoms in total. The van der Waals surface area contributed by atoms with Crippen molar-refractivity contribution in [2.24, 2.45) is 7.05 Å². The van der Waals surface area contributed by atoms with Crippen molar-refractivity contribution in [1.29, 1.82) is 0 Å². The topological polar surface area (TPSA) is 69.9 Å². The molecule has 0 saturated heterocycles. The lowest BCUT2D eigenvalue weighted by Crippen LogP contribution is -1.97. The molecule has 0 atom stereocenters. The minimum absolute atomic E-state index is 0.344. The van der Waals surface area contributed by atoms with Crippen molar-refractivity contribution in [2.75, 3.05) is 5.73 Å². The molecule has 0 bridgehead atoms. The molecule has 0 aliphatic heterocycles. The fourth-order valence-electron chi connectivity index (χ4n) is 1.63. The van der Waals surface area contributed by atoms with Crippen LogP contribution in [0.2, 0.25) is 0 Å². The largest absolute Gasteiger partial charge is 0.436 e. The van der Waals surface area contributed by atoms with Crippen LogP contribution >= 0.6 is 0 Å². The third-order valence-electron chi connectivity index (χ3n) is 2.57. The second-order valence-electron chi connectivity index (χ2n) is 3.70. The molecular weight excluding hydrogens is 223 g/mol. The van der Waals surface area contributed by atoms with Crippen molar-refractivity contribution in [3.63, 3.8) is 0 Å². The molecule has 0 fully saturated rings. The number of anilines is 1. The normalized spacial score (nSPS) is 11.2. The predicted molar refractivity (Wildman–Crippen MR) is 60.6 cm³/mol. The van der Waals surface area contributed by atoms with Crippen LogP contribution in [0.25, 0.3) is 22.6 Å². The Hall–Kier alpha value is -2.37. The zero-order valence-electron chi connectivity index (χ0n) is 9.01. The first-order valence-corrected chi connectivity index (χ1v) is 4.99. The average molecular weight is 232 g/mol. The third kappa shape index (κ3) is 1.45. The summed E-state index contributed by atoms with van der Waals surface area (Å²) in [6.45, 7) is 0. The molecule has 3 aromatic rings. The molecule has 0 saturated carbocycles. The Kier molecular flexibility index (Phi) is 1.91. The van der Waals surface area contributed by atoms with Gasteiger partial charge in [-0.15, -0.1) is 0 Å². The van der Waals surface area contributed by atoms with E-state index < -0.39 is 0 Å². The number of hydrogen-bond donors (Lipinski definition) is 1. The molecule has 0 radical (unpaired) electrons. The van der Waals surface area contributed by atoms with Gasteiger partial charge in [-0.05, 0) is 12.1 Å². The maximum atomic E-state index is 13.0. The van der Waals surface area contributed by atoms with Crippen LogP contribution < -0.4 is 5.73 Å². The Morgan fingerprint density at radius 2 is 2.24 bits per heavy atom. The molecule has 2 aromatic heterocycles. The minimum atomic E-state index is -0.362. The van der Waals surface area contributed by atoms with Crippen molar-refractivity contribution in [2.45, 2.75) is 0 Å². The van der Waals surface area contributed by atoms with Crippen LogP contribution in [0.4, 0.5) is 10.2 Å². The fraction of sp³-hybridized carbons (Fsp3) is 0.0909. The van der Waals surface area contributed by atoms with Crippen LogP contribution in [0, 0.1) is 5.82 Å². The summed E-state index contributed by atoms with van der Waals surface area (Å²) in [6, 6.07) is 4.18. The van der Waals surface area contributed by atoms with Gasteiger partial charge in [-0.2, -0.15) is 5.10 Å². The molecule has 0 unspecified atom stereocenters. The van der Waals surface area contributed by atoms with Gasteiger partial charge in [0.1, 0.15) is 17.2 Å². The van der Waals surface area contributed by atoms with Gasteiger partial charge >= 0.3 is 0 Å². The number of nitrogens with zero attached hydrogens (tertiary/aromatic N) is 3. The molecule has 0 spiro atoms. The Morgan fingerprint density at radius 3 is 2.94 bits per heavy atom. The fourth-order valence-corrected chi connectivity index (χ4v) is 1.63. The summed E-state index contributed by atoms with van der Waals surface area (Å²) in [6.07, 6.45) is 1.57. The van der Waals surface area contributed by atoms with E-state index in [1.165, 1.54) is 16.8 Å². The number of halogens is 1. The first-order chi connectivity index (χ1) is 8.15. The summed E-state index contributed by atoms with van der Waals surface area (Å²) in [7, 11) is 1.72. The number of fused-ring (bicyclic) bond motifs is 1. The number of aromatic nitrogens is 3. The average Bonchev–Trinajstić information content (AvgIpc) is 2.83. The number of hydrogen-bond acceptors (Lipinski definition) is 4. The van der Waals surface area contributed by atoms with E-state index in [1.807, 2.05) is 0 Å². The van der Waals surface area contributed by atoms with Gasteiger partial charge in [-0.3, -0.25) is 4.68 Å². The van der Waals surface area contributed by atoms with Gasteiger partial charge in [0.15, 0.2) is 5.58 Å². The van der Waals surface area contributed by atoms with Crippen LogP contribution in [-0.4, -0.2) is 14.8 Å². The van der Waals surface area contributed by atoms with Gasteiger partial charge in [0.05, 0.1) is 11.8 Å². The quantitative estimate of drug-likeness (QED) is 0.696. The summed E-state index contributed by atoms with van der Waals surface area (Å²) in [5, 5.41) is 4.00. The zero-order chi connectivity index (χ0) is 12.0. The summed E-state index contributed by atoms with van der Waals surface area (Å²) in [5.41, 5.74) is 7.39. The number of nitrogens with two attached hydrogens (primary N) is 1. The first-order valence-electron chi connectivity index (χ1n) is 4.99. The zero-order valence-corrected chi connectivity index (χ0v) is 9.01. The molecule has 0 amide bonds. The van der Waals surface area contributed by atoms with E-state index in [-0.39, 0.29) is 5.82 Å². The molecule has 0 aliphatic carbocycles. The summed E-state index contributed by atoms with van der Waals surface area (Å²) >= 11 is 0. The predicted octanol–water partition coefficient (Wildman–Crippen LogP) is 1.95. The van der Waals surface area contributed by atoms with Gasteiger partial charge in [0.25, 0.3) is 0 Å². The van der Waals surface area contributed by atoms with Gasteiger partial charge in [-0.1, -0.05) is 0 Å². The van der Waals surface area contributed by atoms with E-state index in [9.17, 15) is 4.39 Å². The Labute approximate surface area is 95.7 Å². The Morgan fingerprint density at radius 1 is 1.41 bits per heavy atom. The van der Waals surface area contributed by atoms with Crippen molar-refractivity contribution in [3.05, 3.63) is 30.2 Å². The number of aryl methyl sites for hydroxylation is 1. The van der Waals surface area contributed by atoms with Gasteiger partial charge in [-0.25, -0.2) is 9.37 Å².